The van der Waals surface area contributed by atoms with Crippen molar-refractivity contribution in [1.29, 1.82) is 0 Å². The van der Waals surface area contributed by atoms with E-state index in [-0.39, 0.29) is 12.5 Å². The van der Waals surface area contributed by atoms with Crippen molar-refractivity contribution in [2.24, 2.45) is 0 Å². The second-order valence-electron chi connectivity index (χ2n) is 6.91. The highest BCUT2D eigenvalue weighted by molar-refractivity contribution is 5.94. The minimum atomic E-state index is -1.67. The number of hydrogen-bond donors (Lipinski definition) is 2. The number of nitrogens with zero attached hydrogens (tertiary/aromatic N) is 2. The van der Waals surface area contributed by atoms with Gasteiger partial charge < -0.3 is 15.5 Å². The molecule has 9 heteroatoms. The Morgan fingerprint density at radius 3 is 2.20 bits per heavy atom. The molecule has 2 rings (SSSR count). The van der Waals surface area contributed by atoms with Crippen LogP contribution in [0.3, 0.4) is 0 Å². The number of nitrogens with one attached hydrogen (secondary N) is 2. The summed E-state index contributed by atoms with van der Waals surface area (Å²) < 4.78 is 39.7. The molecule has 0 radical (unpaired) electrons. The lowest BCUT2D eigenvalue weighted by molar-refractivity contribution is -0.125. The molecule has 0 aliphatic heterocycles. The third-order valence-electron chi connectivity index (χ3n) is 4.43. The average molecular weight is 422 g/mol. The number of likely N-dealkylation sites (N-methyl/N-ethyl adjacent to an activating group) is 1. The van der Waals surface area contributed by atoms with E-state index in [1.165, 1.54) is 0 Å². The van der Waals surface area contributed by atoms with E-state index in [0.717, 1.165) is 17.3 Å². The predicted molar refractivity (Wildman–Crippen MR) is 110 cm³/mol. The molecule has 162 valence electrons. The van der Waals surface area contributed by atoms with Crippen LogP contribution in [-0.2, 0) is 16.1 Å². The predicted octanol–water partition coefficient (Wildman–Crippen LogP) is 2.75. The van der Waals surface area contributed by atoms with Crippen molar-refractivity contribution in [1.82, 2.24) is 10.2 Å². The van der Waals surface area contributed by atoms with Gasteiger partial charge in [0.25, 0.3) is 0 Å². The summed E-state index contributed by atoms with van der Waals surface area (Å²) in [7, 11) is 3.91. The summed E-state index contributed by atoms with van der Waals surface area (Å²) in [4.78, 5) is 27.9. The maximum atomic E-state index is 13.6. The van der Waals surface area contributed by atoms with E-state index >= 15 is 0 Å². The highest BCUT2D eigenvalue weighted by Crippen LogP contribution is 2.19. The van der Waals surface area contributed by atoms with Crippen LogP contribution in [0.1, 0.15) is 12.5 Å². The molecule has 30 heavy (non-hydrogen) atoms. The third-order valence-corrected chi connectivity index (χ3v) is 4.43. The molecule has 2 aromatic carbocycles. The molecule has 0 bridgehead atoms. The van der Waals surface area contributed by atoms with Crippen LogP contribution in [0.25, 0.3) is 0 Å². The molecule has 0 aliphatic carbocycles. The first-order valence-electron chi connectivity index (χ1n) is 9.40. The van der Waals surface area contributed by atoms with E-state index in [0.29, 0.717) is 19.2 Å². The standard InChI is InChI=1S/C21H25F3N4O2/c1-4-28(12-14-5-7-15(8-6-14)27(2)3)13-19(30)25-11-18(29)26-17-10-9-16(22)20(23)21(17)24/h5-10H,4,11-13H2,1-3H3,(H,25,30)(H,26,29). The molecule has 0 saturated carbocycles. The van der Waals surface area contributed by atoms with Gasteiger partial charge in [0.2, 0.25) is 11.8 Å². The van der Waals surface area contributed by atoms with E-state index < -0.39 is 35.6 Å². The zero-order chi connectivity index (χ0) is 22.3. The fourth-order valence-electron chi connectivity index (χ4n) is 2.69. The number of rotatable bonds is 9. The lowest BCUT2D eigenvalue weighted by Crippen LogP contribution is -2.40. The van der Waals surface area contributed by atoms with E-state index in [2.05, 4.69) is 10.6 Å². The number of amides is 2. The maximum Gasteiger partial charge on any atom is 0.243 e. The van der Waals surface area contributed by atoms with Crippen LogP contribution < -0.4 is 15.5 Å². The Bertz CT molecular complexity index is 889. The van der Waals surface area contributed by atoms with Gasteiger partial charge in [-0.25, -0.2) is 13.2 Å². The molecule has 0 saturated heterocycles. The minimum Gasteiger partial charge on any atom is -0.378 e. The van der Waals surface area contributed by atoms with Gasteiger partial charge in [-0.05, 0) is 36.4 Å². The van der Waals surface area contributed by atoms with Gasteiger partial charge >= 0.3 is 0 Å². The number of benzene rings is 2. The second-order valence-corrected chi connectivity index (χ2v) is 6.91. The highest BCUT2D eigenvalue weighted by atomic mass is 19.2. The third kappa shape index (κ3) is 6.48. The van der Waals surface area contributed by atoms with Gasteiger partial charge in [-0.1, -0.05) is 19.1 Å². The Kier molecular flexibility index (Phi) is 8.23. The van der Waals surface area contributed by atoms with Crippen molar-refractivity contribution in [3.8, 4) is 0 Å². The van der Waals surface area contributed by atoms with Crippen molar-refractivity contribution in [2.45, 2.75) is 13.5 Å². The normalized spacial score (nSPS) is 10.8. The summed E-state index contributed by atoms with van der Waals surface area (Å²) in [5.41, 5.74) is 1.62. The summed E-state index contributed by atoms with van der Waals surface area (Å²) in [5.74, 6) is -5.66. The average Bonchev–Trinajstić information content (AvgIpc) is 2.72. The Labute approximate surface area is 173 Å². The number of carbonyl (C=O) groups excluding carboxylic acids is 2. The van der Waals surface area contributed by atoms with Gasteiger partial charge in [0, 0.05) is 26.3 Å². The minimum absolute atomic E-state index is 0.0682. The topological polar surface area (TPSA) is 64.7 Å². The first kappa shape index (κ1) is 23.2. The van der Waals surface area contributed by atoms with Gasteiger partial charge in [0.05, 0.1) is 18.8 Å². The highest BCUT2D eigenvalue weighted by Gasteiger charge is 2.16. The summed E-state index contributed by atoms with van der Waals surface area (Å²) in [5, 5.41) is 4.54. The molecule has 0 atom stereocenters. The smallest absolute Gasteiger partial charge is 0.243 e. The fourth-order valence-corrected chi connectivity index (χ4v) is 2.69. The number of anilines is 2. The van der Waals surface area contributed by atoms with Crippen LogP contribution in [0.15, 0.2) is 36.4 Å². The molecule has 0 heterocycles. The Balaban J connectivity index is 1.83. The van der Waals surface area contributed by atoms with Gasteiger partial charge in [-0.15, -0.1) is 0 Å². The summed E-state index contributed by atoms with van der Waals surface area (Å²) >= 11 is 0. The van der Waals surface area contributed by atoms with Gasteiger partial charge in [0.15, 0.2) is 17.5 Å². The van der Waals surface area contributed by atoms with Crippen LogP contribution in [-0.4, -0.2) is 50.4 Å². The zero-order valence-corrected chi connectivity index (χ0v) is 17.1. The Morgan fingerprint density at radius 2 is 1.60 bits per heavy atom. The van der Waals surface area contributed by atoms with Crippen LogP contribution in [0.2, 0.25) is 0 Å². The van der Waals surface area contributed by atoms with Gasteiger partial charge in [0.1, 0.15) is 0 Å². The van der Waals surface area contributed by atoms with Crippen LogP contribution in [0.4, 0.5) is 24.5 Å². The van der Waals surface area contributed by atoms with Crippen molar-refractivity contribution >= 4 is 23.2 Å². The fraction of sp³-hybridized carbons (Fsp3) is 0.333. The Morgan fingerprint density at radius 1 is 0.933 bits per heavy atom. The monoisotopic (exact) mass is 422 g/mol. The molecule has 2 aromatic rings. The van der Waals surface area contributed by atoms with E-state index in [4.69, 9.17) is 0 Å². The molecule has 2 amide bonds. The molecule has 2 N–H and O–H groups in total. The van der Waals surface area contributed by atoms with Gasteiger partial charge in [-0.3, -0.25) is 14.5 Å². The number of carbonyl (C=O) groups is 2. The van der Waals surface area contributed by atoms with E-state index in [9.17, 15) is 22.8 Å². The Hall–Kier alpha value is -3.07. The molecule has 0 fully saturated rings. The first-order valence-corrected chi connectivity index (χ1v) is 9.40. The van der Waals surface area contributed by atoms with E-state index in [1.54, 1.807) is 0 Å². The summed E-state index contributed by atoms with van der Waals surface area (Å²) in [6.07, 6.45) is 0. The number of halogens is 3. The first-order chi connectivity index (χ1) is 14.2. The van der Waals surface area contributed by atoms with Crippen LogP contribution in [0.5, 0.6) is 0 Å². The molecule has 6 nitrogen and oxygen atoms in total. The summed E-state index contributed by atoms with van der Waals surface area (Å²) in [6.45, 7) is 2.74. The summed E-state index contributed by atoms with van der Waals surface area (Å²) in [6, 6.07) is 9.57. The van der Waals surface area contributed by atoms with Crippen molar-refractivity contribution in [3.05, 3.63) is 59.4 Å². The van der Waals surface area contributed by atoms with Crippen LogP contribution in [0, 0.1) is 17.5 Å². The quantitative estimate of drug-likeness (QED) is 0.610. The van der Waals surface area contributed by atoms with Crippen LogP contribution >= 0.6 is 0 Å². The van der Waals surface area contributed by atoms with Gasteiger partial charge in [-0.2, -0.15) is 0 Å². The lowest BCUT2D eigenvalue weighted by Gasteiger charge is -2.20. The largest absolute Gasteiger partial charge is 0.378 e. The molecular formula is C21H25F3N4O2. The molecule has 0 aromatic heterocycles. The number of hydrogen-bond acceptors (Lipinski definition) is 4. The maximum absolute atomic E-state index is 13.6. The lowest BCUT2D eigenvalue weighted by atomic mass is 10.2. The SMILES string of the molecule is CCN(CC(=O)NCC(=O)Nc1ccc(F)c(F)c1F)Cc1ccc(N(C)C)cc1. The molecule has 0 aliphatic rings. The second kappa shape index (κ2) is 10.6. The van der Waals surface area contributed by atoms with E-state index in [1.807, 2.05) is 55.1 Å². The van der Waals surface area contributed by atoms with Crippen molar-refractivity contribution in [3.63, 3.8) is 0 Å². The van der Waals surface area contributed by atoms with Crippen molar-refractivity contribution < 1.29 is 22.8 Å². The zero-order valence-electron chi connectivity index (χ0n) is 17.1. The molecular weight excluding hydrogens is 397 g/mol. The van der Waals surface area contributed by atoms with Crippen molar-refractivity contribution in [2.75, 3.05) is 43.9 Å². The molecule has 0 unspecified atom stereocenters. The molecule has 0 spiro atoms.